The Morgan fingerprint density at radius 3 is 2.64 bits per heavy atom. The lowest BCUT2D eigenvalue weighted by atomic mass is 9.87. The van der Waals surface area contributed by atoms with Crippen LogP contribution >= 0.6 is 0 Å². The third kappa shape index (κ3) is 5.47. The molecular weight excluding hydrogens is 459 g/mol. The second-order valence-electron chi connectivity index (χ2n) is 8.97. The number of hydrogen-bond acceptors (Lipinski definition) is 5. The molecule has 2 unspecified atom stereocenters. The number of ether oxygens (including phenoxy) is 2. The Kier molecular flexibility index (Phi) is 7.09. The van der Waals surface area contributed by atoms with Gasteiger partial charge in [-0.3, -0.25) is 4.98 Å². The van der Waals surface area contributed by atoms with Crippen molar-refractivity contribution in [3.63, 3.8) is 0 Å². The molecule has 1 aliphatic heterocycles. The maximum atomic E-state index is 13.5. The summed E-state index contributed by atoms with van der Waals surface area (Å²) in [7, 11) is 0. The standard InChI is InChI=1S/C29H27FN2O4/c30-24-9-7-22(8-10-24)26-11-13-32(29(33)34)17-28(26)36-19-21-14-23-5-1-2-6-25(23)27(15-21)35-18-20-4-3-12-31-16-20/h1-10,12,14-16,26,28H,11,13,17-19H2,(H,33,34)/p-1. The van der Waals surface area contributed by atoms with Crippen molar-refractivity contribution in [2.24, 2.45) is 0 Å². The molecule has 1 aliphatic rings. The first-order valence-electron chi connectivity index (χ1n) is 11.9. The molecule has 0 N–H and O–H groups in total. The molecule has 1 aromatic heterocycles. The van der Waals surface area contributed by atoms with Crippen molar-refractivity contribution in [3.8, 4) is 5.75 Å². The second-order valence-corrected chi connectivity index (χ2v) is 8.97. The molecule has 0 saturated carbocycles. The van der Waals surface area contributed by atoms with Crippen LogP contribution in [-0.4, -0.2) is 35.2 Å². The molecule has 0 bridgehead atoms. The van der Waals surface area contributed by atoms with E-state index in [1.54, 1.807) is 24.5 Å². The fourth-order valence-electron chi connectivity index (χ4n) is 4.73. The summed E-state index contributed by atoms with van der Waals surface area (Å²) in [5.74, 6) is 0.381. The minimum absolute atomic E-state index is 0.0528. The van der Waals surface area contributed by atoms with Gasteiger partial charge >= 0.3 is 0 Å². The Hall–Kier alpha value is -3.97. The number of fused-ring (bicyclic) bond motifs is 1. The number of aromatic nitrogens is 1. The number of carbonyl (C=O) groups is 1. The van der Waals surface area contributed by atoms with E-state index in [1.807, 2.05) is 42.5 Å². The number of rotatable bonds is 7. The van der Waals surface area contributed by atoms with Crippen LogP contribution in [0.25, 0.3) is 10.8 Å². The summed E-state index contributed by atoms with van der Waals surface area (Å²) in [5, 5.41) is 13.5. The van der Waals surface area contributed by atoms with Gasteiger partial charge in [-0.1, -0.05) is 42.5 Å². The number of halogens is 1. The van der Waals surface area contributed by atoms with Crippen LogP contribution in [0, 0.1) is 5.82 Å². The number of piperidine rings is 1. The van der Waals surface area contributed by atoms with Crippen molar-refractivity contribution >= 4 is 16.9 Å². The van der Waals surface area contributed by atoms with E-state index in [4.69, 9.17) is 9.47 Å². The first kappa shape index (κ1) is 23.8. The van der Waals surface area contributed by atoms with Crippen LogP contribution in [0.15, 0.2) is 85.2 Å². The van der Waals surface area contributed by atoms with Crippen molar-refractivity contribution in [1.29, 1.82) is 0 Å². The maximum absolute atomic E-state index is 13.5. The molecular formula is C29H26FN2O4-. The quantitative estimate of drug-likeness (QED) is 0.380. The predicted molar refractivity (Wildman–Crippen MR) is 132 cm³/mol. The number of pyridine rings is 1. The van der Waals surface area contributed by atoms with E-state index in [1.165, 1.54) is 17.0 Å². The summed E-state index contributed by atoms with van der Waals surface area (Å²) in [6, 6.07) is 22.2. The highest BCUT2D eigenvalue weighted by Gasteiger charge is 2.31. The number of amides is 1. The first-order valence-corrected chi connectivity index (χ1v) is 11.9. The summed E-state index contributed by atoms with van der Waals surface area (Å²) in [6.07, 6.45) is 2.47. The van der Waals surface area contributed by atoms with Crippen LogP contribution in [0.5, 0.6) is 5.75 Å². The Morgan fingerprint density at radius 2 is 1.86 bits per heavy atom. The zero-order valence-corrected chi connectivity index (χ0v) is 19.7. The summed E-state index contributed by atoms with van der Waals surface area (Å²) >= 11 is 0. The third-order valence-electron chi connectivity index (χ3n) is 6.58. The molecule has 6 nitrogen and oxygen atoms in total. The normalized spacial score (nSPS) is 17.8. The zero-order chi connectivity index (χ0) is 24.9. The lowest BCUT2D eigenvalue weighted by molar-refractivity contribution is -0.268. The molecule has 0 aliphatic carbocycles. The third-order valence-corrected chi connectivity index (χ3v) is 6.58. The SMILES string of the molecule is O=C([O-])N1CCC(c2ccc(F)cc2)C(OCc2cc(OCc3cccnc3)c3ccccc3c2)C1. The lowest BCUT2D eigenvalue weighted by Gasteiger charge is -2.40. The highest BCUT2D eigenvalue weighted by atomic mass is 19.1. The minimum Gasteiger partial charge on any atom is -0.530 e. The molecule has 2 atom stereocenters. The van der Waals surface area contributed by atoms with Crippen molar-refractivity contribution in [2.45, 2.75) is 31.7 Å². The number of nitrogens with zero attached hydrogens (tertiary/aromatic N) is 2. The summed E-state index contributed by atoms with van der Waals surface area (Å²) in [5.41, 5.74) is 2.81. The first-order chi connectivity index (χ1) is 17.6. The molecule has 0 spiro atoms. The van der Waals surface area contributed by atoms with Gasteiger partial charge in [-0.25, -0.2) is 4.39 Å². The smallest absolute Gasteiger partial charge is 0.137 e. The molecule has 4 aromatic rings. The maximum Gasteiger partial charge on any atom is 0.137 e. The summed E-state index contributed by atoms with van der Waals surface area (Å²) in [6.45, 7) is 1.21. The average Bonchev–Trinajstić information content (AvgIpc) is 2.91. The van der Waals surface area contributed by atoms with Crippen molar-refractivity contribution < 1.29 is 23.8 Å². The van der Waals surface area contributed by atoms with Gasteiger partial charge in [0.2, 0.25) is 0 Å². The zero-order valence-electron chi connectivity index (χ0n) is 19.7. The number of carboxylic acid groups (broad SMARTS) is 1. The van der Waals surface area contributed by atoms with Gasteiger partial charge in [0.15, 0.2) is 0 Å². The van der Waals surface area contributed by atoms with Crippen LogP contribution in [0.4, 0.5) is 9.18 Å². The highest BCUT2D eigenvalue weighted by molar-refractivity contribution is 5.89. The van der Waals surface area contributed by atoms with Gasteiger partial charge in [-0.2, -0.15) is 0 Å². The van der Waals surface area contributed by atoms with Gasteiger partial charge in [-0.15, -0.1) is 0 Å². The van der Waals surface area contributed by atoms with Crippen LogP contribution in [-0.2, 0) is 18.0 Å². The van der Waals surface area contributed by atoms with E-state index < -0.39 is 12.2 Å². The van der Waals surface area contributed by atoms with Crippen molar-refractivity contribution in [1.82, 2.24) is 9.88 Å². The molecule has 3 aromatic carbocycles. The largest absolute Gasteiger partial charge is 0.530 e. The van der Waals surface area contributed by atoms with Crippen molar-refractivity contribution in [3.05, 3.63) is 108 Å². The Morgan fingerprint density at radius 1 is 1.03 bits per heavy atom. The Bertz CT molecular complexity index is 1330. The molecule has 1 fully saturated rings. The highest BCUT2D eigenvalue weighted by Crippen LogP contribution is 2.33. The number of carbonyl (C=O) groups excluding carboxylic acids is 1. The molecule has 7 heteroatoms. The van der Waals surface area contributed by atoms with Crippen LogP contribution in [0.2, 0.25) is 0 Å². The van der Waals surface area contributed by atoms with E-state index in [0.717, 1.165) is 33.2 Å². The number of benzene rings is 3. The van der Waals surface area contributed by atoms with E-state index in [2.05, 4.69) is 11.1 Å². The fraction of sp³-hybridized carbons (Fsp3) is 0.241. The number of hydrogen-bond donors (Lipinski definition) is 0. The van der Waals surface area contributed by atoms with E-state index >= 15 is 0 Å². The van der Waals surface area contributed by atoms with E-state index in [-0.39, 0.29) is 24.9 Å². The predicted octanol–water partition coefficient (Wildman–Crippen LogP) is 4.67. The van der Waals surface area contributed by atoms with Gasteiger partial charge < -0.3 is 24.3 Å². The lowest BCUT2D eigenvalue weighted by Crippen LogP contribution is -2.51. The summed E-state index contributed by atoms with van der Waals surface area (Å²) < 4.78 is 26.0. The minimum atomic E-state index is -1.21. The van der Waals surface area contributed by atoms with Gasteiger partial charge in [0.1, 0.15) is 24.3 Å². The van der Waals surface area contributed by atoms with Gasteiger partial charge in [0, 0.05) is 42.4 Å². The average molecular weight is 486 g/mol. The second kappa shape index (κ2) is 10.7. The molecule has 0 radical (unpaired) electrons. The monoisotopic (exact) mass is 485 g/mol. The topological polar surface area (TPSA) is 74.7 Å². The molecule has 36 heavy (non-hydrogen) atoms. The van der Waals surface area contributed by atoms with Gasteiger partial charge in [-0.05, 0) is 53.3 Å². The molecule has 5 rings (SSSR count). The van der Waals surface area contributed by atoms with Crippen LogP contribution < -0.4 is 9.84 Å². The van der Waals surface area contributed by atoms with E-state index in [9.17, 15) is 14.3 Å². The molecule has 2 heterocycles. The van der Waals surface area contributed by atoms with Crippen LogP contribution in [0.3, 0.4) is 0 Å². The van der Waals surface area contributed by atoms with Crippen molar-refractivity contribution in [2.75, 3.05) is 13.1 Å². The fourth-order valence-corrected chi connectivity index (χ4v) is 4.73. The Labute approximate surface area is 208 Å². The summed E-state index contributed by atoms with van der Waals surface area (Å²) in [4.78, 5) is 16.9. The van der Waals surface area contributed by atoms with Gasteiger partial charge in [0.25, 0.3) is 0 Å². The number of likely N-dealkylation sites (tertiary alicyclic amines) is 1. The van der Waals surface area contributed by atoms with Gasteiger partial charge in [0.05, 0.1) is 12.7 Å². The Balaban J connectivity index is 1.37. The van der Waals surface area contributed by atoms with Crippen LogP contribution in [0.1, 0.15) is 29.0 Å². The molecule has 1 saturated heterocycles. The van der Waals surface area contributed by atoms with E-state index in [0.29, 0.717) is 19.6 Å². The molecule has 184 valence electrons. The molecule has 1 amide bonds.